The molecule has 0 radical (unpaired) electrons. The minimum atomic E-state index is 0.175. The van der Waals surface area contributed by atoms with Crippen LogP contribution in [0.15, 0.2) is 37.1 Å². The monoisotopic (exact) mass is 350 g/mol. The van der Waals surface area contributed by atoms with Crippen molar-refractivity contribution < 1.29 is 4.79 Å². The second kappa shape index (κ2) is 7.19. The molecule has 1 aliphatic heterocycles. The van der Waals surface area contributed by atoms with E-state index in [9.17, 15) is 4.79 Å². The molecule has 7 nitrogen and oxygen atoms in total. The van der Waals surface area contributed by atoms with Crippen molar-refractivity contribution in [2.75, 3.05) is 13.1 Å². The number of amides is 1. The lowest BCUT2D eigenvalue weighted by molar-refractivity contribution is -0.128. The molecule has 0 aliphatic carbocycles. The van der Waals surface area contributed by atoms with E-state index in [1.54, 1.807) is 25.5 Å². The van der Waals surface area contributed by atoms with Gasteiger partial charge in [0, 0.05) is 38.6 Å². The number of nitrogens with zero attached hydrogens (tertiary/aromatic N) is 6. The maximum absolute atomic E-state index is 11.6. The predicted octanol–water partition coefficient (Wildman–Crippen LogP) is 2.38. The van der Waals surface area contributed by atoms with E-state index in [1.165, 1.54) is 0 Å². The number of rotatable bonds is 3. The summed E-state index contributed by atoms with van der Waals surface area (Å²) in [5.74, 6) is 1.37. The van der Waals surface area contributed by atoms with Crippen LogP contribution in [0, 0.1) is 5.92 Å². The zero-order valence-corrected chi connectivity index (χ0v) is 14.9. The van der Waals surface area contributed by atoms with Crippen molar-refractivity contribution in [3.8, 4) is 11.4 Å². The lowest BCUT2D eigenvalue weighted by atomic mass is 9.95. The molecular weight excluding hydrogens is 328 g/mol. The van der Waals surface area contributed by atoms with Crippen LogP contribution in [0.4, 0.5) is 0 Å². The summed E-state index contributed by atoms with van der Waals surface area (Å²) in [6, 6.07) is 1.88. The van der Waals surface area contributed by atoms with Crippen LogP contribution < -0.4 is 0 Å². The van der Waals surface area contributed by atoms with Gasteiger partial charge in [-0.1, -0.05) is 0 Å². The number of fused-ring (bicyclic) bond motifs is 1. The average Bonchev–Trinajstić information content (AvgIpc) is 2.94. The molecular formula is C19H22N6O. The van der Waals surface area contributed by atoms with Gasteiger partial charge in [-0.2, -0.15) is 0 Å². The molecule has 1 aliphatic rings. The van der Waals surface area contributed by atoms with Crippen LogP contribution in [-0.2, 0) is 11.2 Å². The molecule has 0 aromatic carbocycles. The van der Waals surface area contributed by atoms with E-state index >= 15 is 0 Å². The lowest BCUT2D eigenvalue weighted by Gasteiger charge is -2.18. The second-order valence-electron chi connectivity index (χ2n) is 6.84. The third kappa shape index (κ3) is 3.42. The Hall–Kier alpha value is -2.83. The van der Waals surface area contributed by atoms with Crippen LogP contribution >= 0.6 is 0 Å². The van der Waals surface area contributed by atoms with Crippen molar-refractivity contribution in [1.82, 2.24) is 29.2 Å². The van der Waals surface area contributed by atoms with E-state index in [-0.39, 0.29) is 5.91 Å². The Morgan fingerprint density at radius 1 is 1.19 bits per heavy atom. The molecule has 4 heterocycles. The maximum atomic E-state index is 11.6. The summed E-state index contributed by atoms with van der Waals surface area (Å²) < 4.78 is 1.92. The number of imidazole rings is 1. The fourth-order valence-corrected chi connectivity index (χ4v) is 3.63. The number of hydrogen-bond acceptors (Lipinski definition) is 5. The van der Waals surface area contributed by atoms with Gasteiger partial charge >= 0.3 is 0 Å². The van der Waals surface area contributed by atoms with Gasteiger partial charge in [0.05, 0.1) is 23.8 Å². The van der Waals surface area contributed by atoms with E-state index in [1.807, 2.05) is 27.8 Å². The van der Waals surface area contributed by atoms with E-state index in [0.29, 0.717) is 11.7 Å². The number of carbonyl (C=O) groups excluding carboxylic acids is 1. The SMILES string of the molecule is CC(=O)N1CCC[C@@H](Cc2cncc(-c3cnc4ncccn34)n2)CC1. The van der Waals surface area contributed by atoms with Gasteiger partial charge in [0.15, 0.2) is 0 Å². The number of likely N-dealkylation sites (tertiary alicyclic amines) is 1. The van der Waals surface area contributed by atoms with E-state index in [2.05, 4.69) is 15.0 Å². The highest BCUT2D eigenvalue weighted by Gasteiger charge is 2.19. The largest absolute Gasteiger partial charge is 0.343 e. The highest BCUT2D eigenvalue weighted by atomic mass is 16.2. The van der Waals surface area contributed by atoms with Gasteiger partial charge in [-0.25, -0.2) is 15.0 Å². The first-order valence-corrected chi connectivity index (χ1v) is 9.05. The topological polar surface area (TPSA) is 76.3 Å². The summed E-state index contributed by atoms with van der Waals surface area (Å²) in [5.41, 5.74) is 2.69. The van der Waals surface area contributed by atoms with Gasteiger partial charge in [-0.05, 0) is 37.7 Å². The van der Waals surface area contributed by atoms with Crippen molar-refractivity contribution in [3.63, 3.8) is 0 Å². The highest BCUT2D eigenvalue weighted by Crippen LogP contribution is 2.23. The molecule has 134 valence electrons. The Kier molecular flexibility index (Phi) is 4.60. The molecule has 3 aromatic rings. The van der Waals surface area contributed by atoms with Gasteiger partial charge in [-0.15, -0.1) is 0 Å². The first-order valence-electron chi connectivity index (χ1n) is 9.05. The normalized spacial score (nSPS) is 18.0. The van der Waals surface area contributed by atoms with Gasteiger partial charge < -0.3 is 4.90 Å². The molecule has 26 heavy (non-hydrogen) atoms. The third-order valence-electron chi connectivity index (χ3n) is 5.03. The van der Waals surface area contributed by atoms with Crippen LogP contribution in [0.3, 0.4) is 0 Å². The van der Waals surface area contributed by atoms with Gasteiger partial charge in [-0.3, -0.25) is 14.2 Å². The minimum Gasteiger partial charge on any atom is -0.343 e. The molecule has 0 unspecified atom stereocenters. The zero-order valence-electron chi connectivity index (χ0n) is 14.9. The van der Waals surface area contributed by atoms with Crippen molar-refractivity contribution in [3.05, 3.63) is 42.7 Å². The lowest BCUT2D eigenvalue weighted by Crippen LogP contribution is -2.29. The van der Waals surface area contributed by atoms with Crippen LogP contribution in [0.1, 0.15) is 31.9 Å². The van der Waals surface area contributed by atoms with Crippen LogP contribution in [-0.4, -0.2) is 48.2 Å². The van der Waals surface area contributed by atoms with Gasteiger partial charge in [0.25, 0.3) is 0 Å². The van der Waals surface area contributed by atoms with Gasteiger partial charge in [0.2, 0.25) is 11.7 Å². The molecule has 1 fully saturated rings. The molecule has 1 saturated heterocycles. The van der Waals surface area contributed by atoms with Crippen LogP contribution in [0.25, 0.3) is 17.2 Å². The fourth-order valence-electron chi connectivity index (χ4n) is 3.63. The Labute approximate surface area is 152 Å². The van der Waals surface area contributed by atoms with Crippen molar-refractivity contribution in [1.29, 1.82) is 0 Å². The molecule has 4 rings (SSSR count). The quantitative estimate of drug-likeness (QED) is 0.725. The highest BCUT2D eigenvalue weighted by molar-refractivity contribution is 5.73. The summed E-state index contributed by atoms with van der Waals surface area (Å²) >= 11 is 0. The maximum Gasteiger partial charge on any atom is 0.234 e. The molecule has 0 spiro atoms. The molecule has 1 amide bonds. The summed E-state index contributed by atoms with van der Waals surface area (Å²) in [4.78, 5) is 31.3. The zero-order chi connectivity index (χ0) is 17.9. The standard InChI is InChI=1S/C19H22N6O/c1-14(26)24-7-2-4-15(5-9-24)10-16-11-20-12-17(23-16)18-13-22-19-21-6-3-8-25(18)19/h3,6,8,11-13,15H,2,4-5,7,9-10H2,1H3/t15-/m1/s1. The molecule has 0 saturated carbocycles. The average molecular weight is 350 g/mol. The minimum absolute atomic E-state index is 0.175. The fraction of sp³-hybridized carbons (Fsp3) is 0.421. The van der Waals surface area contributed by atoms with Crippen molar-refractivity contribution in [2.45, 2.75) is 32.6 Å². The molecule has 7 heteroatoms. The predicted molar refractivity (Wildman–Crippen MR) is 97.3 cm³/mol. The van der Waals surface area contributed by atoms with E-state index < -0.39 is 0 Å². The summed E-state index contributed by atoms with van der Waals surface area (Å²) in [5, 5.41) is 0. The van der Waals surface area contributed by atoms with E-state index in [4.69, 9.17) is 4.98 Å². The van der Waals surface area contributed by atoms with Crippen LogP contribution in [0.5, 0.6) is 0 Å². The number of aromatic nitrogens is 5. The first-order chi connectivity index (χ1) is 12.7. The van der Waals surface area contributed by atoms with Crippen LogP contribution in [0.2, 0.25) is 0 Å². The Bertz CT molecular complexity index is 921. The number of hydrogen-bond donors (Lipinski definition) is 0. The third-order valence-corrected chi connectivity index (χ3v) is 5.03. The Morgan fingerprint density at radius 2 is 2.12 bits per heavy atom. The molecule has 0 bridgehead atoms. The first kappa shape index (κ1) is 16.6. The summed E-state index contributed by atoms with van der Waals surface area (Å²) in [6.07, 6.45) is 13.1. The smallest absolute Gasteiger partial charge is 0.234 e. The van der Waals surface area contributed by atoms with Crippen molar-refractivity contribution >= 4 is 11.7 Å². The summed E-state index contributed by atoms with van der Waals surface area (Å²) in [7, 11) is 0. The molecule has 1 atom stereocenters. The number of carbonyl (C=O) groups is 1. The Morgan fingerprint density at radius 3 is 3.00 bits per heavy atom. The molecule has 0 N–H and O–H groups in total. The second-order valence-corrected chi connectivity index (χ2v) is 6.84. The van der Waals surface area contributed by atoms with Gasteiger partial charge in [0.1, 0.15) is 5.69 Å². The Balaban J connectivity index is 1.52. The van der Waals surface area contributed by atoms with Crippen molar-refractivity contribution in [2.24, 2.45) is 5.92 Å². The van der Waals surface area contributed by atoms with E-state index in [0.717, 1.165) is 55.9 Å². The summed E-state index contributed by atoms with van der Waals surface area (Å²) in [6.45, 7) is 3.36. The molecule has 3 aromatic heterocycles.